The van der Waals surface area contributed by atoms with E-state index in [1.165, 1.54) is 83.5 Å². The number of amides is 1. The van der Waals surface area contributed by atoms with Gasteiger partial charge in [0.25, 0.3) is 0 Å². The van der Waals surface area contributed by atoms with Crippen molar-refractivity contribution in [2.45, 2.75) is 180 Å². The highest BCUT2D eigenvalue weighted by Gasteiger charge is 2.12. The van der Waals surface area contributed by atoms with E-state index in [9.17, 15) is 14.4 Å². The molecule has 0 spiro atoms. The first-order chi connectivity index (χ1) is 23.5. The zero-order valence-electron chi connectivity index (χ0n) is 30.8. The molecular weight excluding hydrogens is 598 g/mol. The predicted molar refractivity (Wildman–Crippen MR) is 203 cm³/mol. The summed E-state index contributed by atoms with van der Waals surface area (Å²) in [6.07, 6.45) is 47.8. The van der Waals surface area contributed by atoms with Crippen LogP contribution < -0.4 is 5.32 Å². The van der Waals surface area contributed by atoms with Gasteiger partial charge in [-0.15, -0.1) is 0 Å². The fraction of sp³-hybridized carbons (Fsp3) is 0.690. The lowest BCUT2D eigenvalue weighted by molar-refractivity contribution is -0.147. The Kier molecular flexibility index (Phi) is 34.7. The van der Waals surface area contributed by atoms with E-state index in [2.05, 4.69) is 73.8 Å². The van der Waals surface area contributed by atoms with Crippen molar-refractivity contribution < 1.29 is 24.2 Å². The minimum atomic E-state index is -1.04. The number of rotatable bonds is 34. The van der Waals surface area contributed by atoms with Crippen molar-refractivity contribution >= 4 is 17.8 Å². The minimum Gasteiger partial charge on any atom is -0.480 e. The summed E-state index contributed by atoms with van der Waals surface area (Å²) in [6, 6.07) is 0. The number of carbonyl (C=O) groups excluding carboxylic acids is 2. The van der Waals surface area contributed by atoms with E-state index in [0.717, 1.165) is 51.4 Å². The van der Waals surface area contributed by atoms with Crippen LogP contribution in [0.25, 0.3) is 0 Å². The number of esters is 1. The molecule has 0 saturated carbocycles. The molecule has 0 heterocycles. The SMILES string of the molecule is CC/C=C\C/C=C\C/C=C\C/C=C\C(CCCCCC(=O)NCC(=O)O)OC(=O)CCCCCCCCC/C=C\CCCCCCCC. The Morgan fingerprint density at radius 1 is 0.583 bits per heavy atom. The van der Waals surface area contributed by atoms with Crippen molar-refractivity contribution in [1.29, 1.82) is 0 Å². The molecule has 6 heteroatoms. The molecule has 0 fully saturated rings. The van der Waals surface area contributed by atoms with Gasteiger partial charge in [-0.25, -0.2) is 0 Å². The van der Waals surface area contributed by atoms with Crippen LogP contribution in [0, 0.1) is 0 Å². The van der Waals surface area contributed by atoms with Gasteiger partial charge in [-0.05, 0) is 83.1 Å². The summed E-state index contributed by atoms with van der Waals surface area (Å²) in [4.78, 5) is 35.0. The highest BCUT2D eigenvalue weighted by Crippen LogP contribution is 2.14. The molecule has 6 nitrogen and oxygen atoms in total. The van der Waals surface area contributed by atoms with Crippen LogP contribution in [0.5, 0.6) is 0 Å². The third-order valence-electron chi connectivity index (χ3n) is 8.16. The maximum atomic E-state index is 12.6. The zero-order chi connectivity index (χ0) is 35.2. The summed E-state index contributed by atoms with van der Waals surface area (Å²) in [5.74, 6) is -1.42. The number of hydrogen-bond donors (Lipinski definition) is 2. The Balaban J connectivity index is 4.25. The van der Waals surface area contributed by atoms with Crippen molar-refractivity contribution in [3.05, 3.63) is 60.8 Å². The summed E-state index contributed by atoms with van der Waals surface area (Å²) in [5.41, 5.74) is 0. The van der Waals surface area contributed by atoms with Crippen LogP contribution in [0.1, 0.15) is 174 Å². The molecule has 0 rings (SSSR count). The van der Waals surface area contributed by atoms with Gasteiger partial charge in [0.1, 0.15) is 12.6 Å². The fourth-order valence-corrected chi connectivity index (χ4v) is 5.30. The second-order valence-corrected chi connectivity index (χ2v) is 12.8. The van der Waals surface area contributed by atoms with E-state index in [0.29, 0.717) is 25.7 Å². The van der Waals surface area contributed by atoms with Gasteiger partial charge in [0.2, 0.25) is 5.91 Å². The molecule has 1 amide bonds. The molecule has 48 heavy (non-hydrogen) atoms. The molecule has 0 saturated heterocycles. The van der Waals surface area contributed by atoms with E-state index < -0.39 is 5.97 Å². The van der Waals surface area contributed by atoms with Gasteiger partial charge in [-0.1, -0.05) is 139 Å². The average Bonchev–Trinajstić information content (AvgIpc) is 3.07. The van der Waals surface area contributed by atoms with Crippen LogP contribution in [0.15, 0.2) is 60.8 Å². The van der Waals surface area contributed by atoms with Gasteiger partial charge in [0.15, 0.2) is 0 Å². The number of carboxylic acids is 1. The lowest BCUT2D eigenvalue weighted by atomic mass is 10.1. The van der Waals surface area contributed by atoms with Crippen molar-refractivity contribution in [3.8, 4) is 0 Å². The van der Waals surface area contributed by atoms with E-state index in [1.807, 2.05) is 6.08 Å². The Labute approximate surface area is 294 Å². The van der Waals surface area contributed by atoms with Crippen LogP contribution in [0.3, 0.4) is 0 Å². The summed E-state index contributed by atoms with van der Waals surface area (Å²) >= 11 is 0. The Morgan fingerprint density at radius 3 is 1.67 bits per heavy atom. The summed E-state index contributed by atoms with van der Waals surface area (Å²) < 4.78 is 5.85. The molecule has 274 valence electrons. The fourth-order valence-electron chi connectivity index (χ4n) is 5.30. The monoisotopic (exact) mass is 670 g/mol. The van der Waals surface area contributed by atoms with Crippen molar-refractivity contribution in [3.63, 3.8) is 0 Å². The number of carboxylic acid groups (broad SMARTS) is 1. The van der Waals surface area contributed by atoms with Gasteiger partial charge < -0.3 is 15.2 Å². The second kappa shape index (κ2) is 36.9. The molecule has 0 aliphatic carbocycles. The van der Waals surface area contributed by atoms with Gasteiger partial charge in [0, 0.05) is 12.8 Å². The first-order valence-corrected chi connectivity index (χ1v) is 19.4. The molecule has 0 aromatic carbocycles. The summed E-state index contributed by atoms with van der Waals surface area (Å²) in [6.45, 7) is 4.05. The van der Waals surface area contributed by atoms with Crippen LogP contribution >= 0.6 is 0 Å². The van der Waals surface area contributed by atoms with E-state index >= 15 is 0 Å². The van der Waals surface area contributed by atoms with Gasteiger partial charge in [-0.3, -0.25) is 14.4 Å². The normalized spacial score (nSPS) is 12.7. The zero-order valence-corrected chi connectivity index (χ0v) is 30.8. The van der Waals surface area contributed by atoms with Crippen molar-refractivity contribution in [1.82, 2.24) is 5.32 Å². The van der Waals surface area contributed by atoms with Crippen LogP contribution in [-0.2, 0) is 19.1 Å². The molecule has 0 aromatic heterocycles. The smallest absolute Gasteiger partial charge is 0.322 e. The number of allylic oxidation sites excluding steroid dienone is 9. The molecule has 0 bridgehead atoms. The van der Waals surface area contributed by atoms with Crippen LogP contribution in [0.4, 0.5) is 0 Å². The molecule has 1 atom stereocenters. The topological polar surface area (TPSA) is 92.7 Å². The third kappa shape index (κ3) is 36.0. The van der Waals surface area contributed by atoms with E-state index in [4.69, 9.17) is 9.84 Å². The predicted octanol–water partition coefficient (Wildman–Crippen LogP) is 11.7. The first kappa shape index (κ1) is 45.1. The Hall–Kier alpha value is -2.89. The third-order valence-corrected chi connectivity index (χ3v) is 8.16. The molecule has 0 aliphatic rings. The molecule has 2 N–H and O–H groups in total. The number of unbranched alkanes of at least 4 members (excludes halogenated alkanes) is 15. The molecule has 0 aliphatic heterocycles. The maximum Gasteiger partial charge on any atom is 0.322 e. The standard InChI is InChI=1S/C42H71NO5/c1-3-5-7-9-11-13-15-16-17-18-19-20-22-24-26-28-33-37-42(47)48-39(35-31-29-32-36-40(44)43-38-41(45)46)34-30-27-25-23-21-14-12-10-8-6-4-2/h6,8,12,14,16-17,23,25,30,34,39H,3-5,7,9-11,13,15,18-22,24,26-29,31-33,35-38H2,1-2H3,(H,43,44)(H,45,46)/b8-6-,14-12-,17-16-,25-23-,34-30-. The number of ether oxygens (including phenoxy) is 1. The first-order valence-electron chi connectivity index (χ1n) is 19.4. The van der Waals surface area contributed by atoms with E-state index in [1.54, 1.807) is 0 Å². The number of aliphatic carboxylic acids is 1. The van der Waals surface area contributed by atoms with Gasteiger partial charge >= 0.3 is 11.9 Å². The summed E-state index contributed by atoms with van der Waals surface area (Å²) in [7, 11) is 0. The van der Waals surface area contributed by atoms with Crippen LogP contribution in [0.2, 0.25) is 0 Å². The minimum absolute atomic E-state index is 0.136. The largest absolute Gasteiger partial charge is 0.480 e. The highest BCUT2D eigenvalue weighted by molar-refractivity contribution is 5.80. The number of carbonyl (C=O) groups is 3. The highest BCUT2D eigenvalue weighted by atomic mass is 16.5. The van der Waals surface area contributed by atoms with Crippen molar-refractivity contribution in [2.24, 2.45) is 0 Å². The Bertz CT molecular complexity index is 917. The number of nitrogens with one attached hydrogen (secondary N) is 1. The lowest BCUT2D eigenvalue weighted by Crippen LogP contribution is -2.28. The molecule has 0 aromatic rings. The number of hydrogen-bond acceptors (Lipinski definition) is 4. The quantitative estimate of drug-likeness (QED) is 0.0404. The van der Waals surface area contributed by atoms with Gasteiger partial charge in [-0.2, -0.15) is 0 Å². The Morgan fingerprint density at radius 2 is 1.08 bits per heavy atom. The van der Waals surface area contributed by atoms with Gasteiger partial charge in [0.05, 0.1) is 0 Å². The molecular formula is C42H71NO5. The van der Waals surface area contributed by atoms with Crippen LogP contribution in [-0.4, -0.2) is 35.6 Å². The average molecular weight is 670 g/mol. The van der Waals surface area contributed by atoms with Crippen molar-refractivity contribution in [2.75, 3.05) is 6.54 Å². The van der Waals surface area contributed by atoms with E-state index in [-0.39, 0.29) is 24.5 Å². The maximum absolute atomic E-state index is 12.6. The summed E-state index contributed by atoms with van der Waals surface area (Å²) in [5, 5.41) is 11.1. The lowest BCUT2D eigenvalue weighted by Gasteiger charge is -2.14. The second-order valence-electron chi connectivity index (χ2n) is 12.8. The molecule has 1 unspecified atom stereocenters. The molecule has 0 radical (unpaired) electrons.